The third-order valence-corrected chi connectivity index (χ3v) is 9.75. The summed E-state index contributed by atoms with van der Waals surface area (Å²) in [7, 11) is 3.43. The molecule has 8 heteroatoms. The molecule has 272 valence electrons. The number of amides is 1. The van der Waals surface area contributed by atoms with Gasteiger partial charge in [-0.1, -0.05) is 31.7 Å². The first-order chi connectivity index (χ1) is 22.1. The first kappa shape index (κ1) is 41.4. The van der Waals surface area contributed by atoms with Crippen LogP contribution in [0.1, 0.15) is 92.7 Å². The third-order valence-electron chi connectivity index (χ3n) is 9.75. The van der Waals surface area contributed by atoms with E-state index in [4.69, 9.17) is 19.9 Å². The number of nitrogens with one attached hydrogen (secondary N) is 1. The average Bonchev–Trinajstić information content (AvgIpc) is 3.03. The second kappa shape index (κ2) is 18.8. The Morgan fingerprint density at radius 1 is 0.750 bits per heavy atom. The van der Waals surface area contributed by atoms with Crippen LogP contribution in [0, 0.1) is 11.8 Å². The van der Waals surface area contributed by atoms with Crippen LogP contribution in [0.5, 0.6) is 11.5 Å². The van der Waals surface area contributed by atoms with Gasteiger partial charge in [0.25, 0.3) is 0 Å². The number of nitrogens with two attached hydrogens (primary N) is 1. The number of alkyl carbamates (subject to hydrolysis) is 1. The van der Waals surface area contributed by atoms with Crippen molar-refractivity contribution in [2.75, 3.05) is 53.5 Å². The first-order valence-corrected chi connectivity index (χ1v) is 17.6. The van der Waals surface area contributed by atoms with E-state index in [2.05, 4.69) is 79.2 Å². The predicted molar refractivity (Wildman–Crippen MR) is 200 cm³/mol. The number of hydrogen-bond donors (Lipinski definition) is 2. The van der Waals surface area contributed by atoms with Crippen LogP contribution >= 0.6 is 0 Å². The zero-order valence-electron chi connectivity index (χ0n) is 30.9. The quantitative estimate of drug-likeness (QED) is 0.255. The maximum Gasteiger partial charge on any atom is 0.407 e. The average molecular weight is 669 g/mol. The molecule has 2 aromatic rings. The predicted octanol–water partition coefficient (Wildman–Crippen LogP) is 7.58. The van der Waals surface area contributed by atoms with Crippen LogP contribution in [0.4, 0.5) is 4.79 Å². The second-order valence-corrected chi connectivity index (χ2v) is 15.7. The summed E-state index contributed by atoms with van der Waals surface area (Å²) < 4.78 is 16.0. The maximum atomic E-state index is 11.8. The molecule has 0 saturated carbocycles. The highest BCUT2D eigenvalue weighted by molar-refractivity contribution is 5.67. The van der Waals surface area contributed by atoms with Crippen molar-refractivity contribution in [1.82, 2.24) is 15.1 Å². The molecule has 0 aromatic heterocycles. The minimum Gasteiger partial charge on any atom is -0.497 e. The number of carbonyl (C=O) groups excluding carboxylic acids is 1. The number of piperidine rings is 2. The second-order valence-electron chi connectivity index (χ2n) is 15.7. The van der Waals surface area contributed by atoms with Gasteiger partial charge in [-0.2, -0.15) is 0 Å². The lowest BCUT2D eigenvalue weighted by molar-refractivity contribution is 0.0479. The molecule has 0 spiro atoms. The number of ether oxygens (including phenoxy) is 3. The van der Waals surface area contributed by atoms with Gasteiger partial charge in [-0.05, 0) is 167 Å². The number of rotatable bonds is 11. The molecule has 2 saturated heterocycles. The molecular formula is C40H68N4O4. The van der Waals surface area contributed by atoms with Crippen molar-refractivity contribution < 1.29 is 19.0 Å². The molecule has 0 unspecified atom stereocenters. The normalized spacial score (nSPS) is 17.0. The lowest BCUT2D eigenvalue weighted by Gasteiger charge is -2.43. The molecule has 0 atom stereocenters. The van der Waals surface area contributed by atoms with E-state index < -0.39 is 5.60 Å². The van der Waals surface area contributed by atoms with E-state index in [9.17, 15) is 4.79 Å². The van der Waals surface area contributed by atoms with Gasteiger partial charge in [-0.3, -0.25) is 9.80 Å². The fraction of sp³-hybridized carbons (Fsp3) is 0.675. The maximum absolute atomic E-state index is 11.8. The highest BCUT2D eigenvalue weighted by Gasteiger charge is 2.32. The minimum absolute atomic E-state index is 0. The summed E-state index contributed by atoms with van der Waals surface area (Å²) in [6.45, 7) is 20.9. The number of methoxy groups -OCH3 is 2. The number of benzene rings is 2. The Balaban J connectivity index is 0.000000340. The van der Waals surface area contributed by atoms with Crippen molar-refractivity contribution in [1.29, 1.82) is 0 Å². The lowest BCUT2D eigenvalue weighted by atomic mass is 9.88. The third kappa shape index (κ3) is 13.6. The molecule has 48 heavy (non-hydrogen) atoms. The van der Waals surface area contributed by atoms with Gasteiger partial charge in [0.15, 0.2) is 0 Å². The molecule has 0 radical (unpaired) electrons. The molecule has 2 aromatic carbocycles. The Labute approximate surface area is 293 Å². The molecule has 3 N–H and O–H groups in total. The van der Waals surface area contributed by atoms with E-state index in [1.165, 1.54) is 37.1 Å². The summed E-state index contributed by atoms with van der Waals surface area (Å²) in [5, 5.41) is 2.92. The van der Waals surface area contributed by atoms with Crippen LogP contribution in [0.3, 0.4) is 0 Å². The zero-order chi connectivity index (χ0) is 34.7. The number of hydrogen-bond acceptors (Lipinski definition) is 7. The Morgan fingerprint density at radius 2 is 1.17 bits per heavy atom. The molecule has 2 heterocycles. The number of likely N-dealkylation sites (tertiary alicyclic amines) is 2. The molecular weight excluding hydrogens is 600 g/mol. The Morgan fingerprint density at radius 3 is 1.54 bits per heavy atom. The molecule has 0 bridgehead atoms. The molecule has 8 nitrogen and oxygen atoms in total. The van der Waals surface area contributed by atoms with Crippen LogP contribution in [-0.4, -0.2) is 86.1 Å². The van der Waals surface area contributed by atoms with Gasteiger partial charge in [0.2, 0.25) is 0 Å². The summed E-state index contributed by atoms with van der Waals surface area (Å²) in [6, 6.07) is 16.7. The Bertz CT molecular complexity index is 1230. The van der Waals surface area contributed by atoms with Gasteiger partial charge >= 0.3 is 6.09 Å². The molecule has 2 fully saturated rings. The van der Waals surface area contributed by atoms with Gasteiger partial charge < -0.3 is 25.3 Å². The first-order valence-electron chi connectivity index (χ1n) is 17.6. The Hall–Kier alpha value is -2.81. The largest absolute Gasteiger partial charge is 0.497 e. The topological polar surface area (TPSA) is 89.3 Å². The highest BCUT2D eigenvalue weighted by atomic mass is 16.6. The molecule has 2 aliphatic rings. The minimum atomic E-state index is -0.447. The zero-order valence-corrected chi connectivity index (χ0v) is 30.9. The van der Waals surface area contributed by atoms with Crippen molar-refractivity contribution in [3.8, 4) is 11.5 Å². The van der Waals surface area contributed by atoms with Crippen LogP contribution < -0.4 is 20.5 Å². The molecule has 0 aliphatic carbocycles. The fourth-order valence-electron chi connectivity index (χ4n) is 6.85. The van der Waals surface area contributed by atoms with Crippen molar-refractivity contribution in [2.45, 2.75) is 111 Å². The van der Waals surface area contributed by atoms with Crippen molar-refractivity contribution in [2.24, 2.45) is 17.6 Å². The van der Waals surface area contributed by atoms with Crippen LogP contribution in [0.15, 0.2) is 48.5 Å². The van der Waals surface area contributed by atoms with Crippen molar-refractivity contribution in [3.63, 3.8) is 0 Å². The summed E-state index contributed by atoms with van der Waals surface area (Å²) in [5.41, 5.74) is 8.26. The molecule has 4 rings (SSSR count). The van der Waals surface area contributed by atoms with Gasteiger partial charge in [-0.15, -0.1) is 0 Å². The summed E-state index contributed by atoms with van der Waals surface area (Å²) in [4.78, 5) is 17.0. The van der Waals surface area contributed by atoms with Crippen LogP contribution in [-0.2, 0) is 17.6 Å². The van der Waals surface area contributed by atoms with E-state index in [1.807, 2.05) is 32.9 Å². The van der Waals surface area contributed by atoms with E-state index in [1.54, 1.807) is 14.2 Å². The fourth-order valence-corrected chi connectivity index (χ4v) is 6.85. The number of carbonyl (C=O) groups is 1. The summed E-state index contributed by atoms with van der Waals surface area (Å²) in [5.74, 6) is 3.09. The van der Waals surface area contributed by atoms with E-state index >= 15 is 0 Å². The molecule has 1 amide bonds. The van der Waals surface area contributed by atoms with Crippen LogP contribution in [0.25, 0.3) is 0 Å². The van der Waals surface area contributed by atoms with E-state index in [0.29, 0.717) is 12.5 Å². The monoisotopic (exact) mass is 669 g/mol. The summed E-state index contributed by atoms with van der Waals surface area (Å²) >= 11 is 0. The van der Waals surface area contributed by atoms with Crippen LogP contribution in [0.2, 0.25) is 0 Å². The van der Waals surface area contributed by atoms with Gasteiger partial charge in [0.05, 0.1) is 14.2 Å². The number of nitrogens with zero attached hydrogens (tertiary/aromatic N) is 2. The van der Waals surface area contributed by atoms with Crippen molar-refractivity contribution in [3.05, 3.63) is 59.7 Å². The highest BCUT2D eigenvalue weighted by Crippen LogP contribution is 2.29. The molecule has 2 aliphatic heterocycles. The van der Waals surface area contributed by atoms with Gasteiger partial charge in [0, 0.05) is 17.6 Å². The smallest absolute Gasteiger partial charge is 0.407 e. The van der Waals surface area contributed by atoms with E-state index in [-0.39, 0.29) is 24.6 Å². The lowest BCUT2D eigenvalue weighted by Crippen LogP contribution is -2.50. The van der Waals surface area contributed by atoms with E-state index in [0.717, 1.165) is 62.7 Å². The van der Waals surface area contributed by atoms with Gasteiger partial charge in [0.1, 0.15) is 17.1 Å². The van der Waals surface area contributed by atoms with Gasteiger partial charge in [-0.25, -0.2) is 4.79 Å². The Kier molecular flexibility index (Phi) is 16.2. The SMILES string of the molecule is C.COc1cccc(CC(C)(C)N2CCC(CN)CC2)c1.COc1cccc(CC(C)(C)N2CCC(CNC(=O)OC(C)(C)C)CC2)c1. The van der Waals surface area contributed by atoms with Crippen molar-refractivity contribution >= 4 is 6.09 Å². The standard InChI is InChI=1S/C22H36N2O3.C17H28N2O.CH4/c1-21(2,3)27-20(25)23-16-17-10-12-24(13-11-17)22(4,5)15-18-8-7-9-19(14-18)26-6;1-17(2,19-9-7-14(13-18)8-10-19)12-15-5-4-6-16(11-15)20-3;/h7-9,14,17H,10-13,15-16H2,1-6H3,(H,23,25);4-6,11,14H,7-10,12-13,18H2,1-3H3;1H4. The summed E-state index contributed by atoms with van der Waals surface area (Å²) in [6.07, 6.45) is 6.39.